The van der Waals surface area contributed by atoms with E-state index < -0.39 is 0 Å². The molecule has 1 rings (SSSR count). The first-order valence-corrected chi connectivity index (χ1v) is 6.20. The Morgan fingerprint density at radius 1 is 1.33 bits per heavy atom. The highest BCUT2D eigenvalue weighted by Crippen LogP contribution is 2.29. The molecule has 0 radical (unpaired) electrons. The molecule has 0 bridgehead atoms. The molecule has 0 aromatic rings. The lowest BCUT2D eigenvalue weighted by Crippen LogP contribution is -2.41. The molecular formula is C12H24N2O. The van der Waals surface area contributed by atoms with E-state index in [1.165, 1.54) is 19.3 Å². The monoisotopic (exact) mass is 212 g/mol. The van der Waals surface area contributed by atoms with Crippen LogP contribution in [0.1, 0.15) is 40.0 Å². The molecule has 0 spiro atoms. The number of hydrogen-bond donors (Lipinski definition) is 1. The summed E-state index contributed by atoms with van der Waals surface area (Å²) in [6.45, 7) is 8.78. The summed E-state index contributed by atoms with van der Waals surface area (Å²) in [5.74, 6) is 1.56. The standard InChI is InChI=1S/C12H24N2O/c1-4-14(5-2)12(15)13-9-11-7-6-10(3)8-11/h10-11H,4-9H2,1-3H3,(H,13,15). The molecule has 0 aromatic heterocycles. The summed E-state index contributed by atoms with van der Waals surface area (Å²) in [5.41, 5.74) is 0. The van der Waals surface area contributed by atoms with Gasteiger partial charge in [-0.05, 0) is 38.5 Å². The largest absolute Gasteiger partial charge is 0.338 e. The van der Waals surface area contributed by atoms with Crippen molar-refractivity contribution in [2.75, 3.05) is 19.6 Å². The summed E-state index contributed by atoms with van der Waals surface area (Å²) in [4.78, 5) is 13.5. The van der Waals surface area contributed by atoms with Gasteiger partial charge in [-0.25, -0.2) is 4.79 Å². The highest BCUT2D eigenvalue weighted by Gasteiger charge is 2.22. The van der Waals surface area contributed by atoms with Crippen LogP contribution in [0.25, 0.3) is 0 Å². The van der Waals surface area contributed by atoms with Crippen LogP contribution in [-0.2, 0) is 0 Å². The number of nitrogens with zero attached hydrogens (tertiary/aromatic N) is 1. The van der Waals surface area contributed by atoms with Crippen molar-refractivity contribution in [1.82, 2.24) is 10.2 Å². The van der Waals surface area contributed by atoms with Crippen molar-refractivity contribution in [3.63, 3.8) is 0 Å². The molecular weight excluding hydrogens is 188 g/mol. The van der Waals surface area contributed by atoms with Gasteiger partial charge in [0, 0.05) is 19.6 Å². The molecule has 0 saturated heterocycles. The molecule has 0 heterocycles. The van der Waals surface area contributed by atoms with Crippen LogP contribution in [-0.4, -0.2) is 30.6 Å². The van der Waals surface area contributed by atoms with Crippen molar-refractivity contribution in [1.29, 1.82) is 0 Å². The zero-order valence-electron chi connectivity index (χ0n) is 10.3. The molecule has 1 fully saturated rings. The first kappa shape index (κ1) is 12.3. The fourth-order valence-corrected chi connectivity index (χ4v) is 2.36. The average molecular weight is 212 g/mol. The normalized spacial score (nSPS) is 25.3. The van der Waals surface area contributed by atoms with Crippen molar-refractivity contribution < 1.29 is 4.79 Å². The quantitative estimate of drug-likeness (QED) is 0.763. The van der Waals surface area contributed by atoms with Gasteiger partial charge in [0.05, 0.1) is 0 Å². The van der Waals surface area contributed by atoms with Crippen LogP contribution < -0.4 is 5.32 Å². The Hall–Kier alpha value is -0.730. The van der Waals surface area contributed by atoms with E-state index in [1.54, 1.807) is 0 Å². The van der Waals surface area contributed by atoms with Gasteiger partial charge in [0.1, 0.15) is 0 Å². The van der Waals surface area contributed by atoms with E-state index in [4.69, 9.17) is 0 Å². The molecule has 0 aromatic carbocycles. The van der Waals surface area contributed by atoms with E-state index >= 15 is 0 Å². The van der Waals surface area contributed by atoms with Crippen LogP contribution in [0.2, 0.25) is 0 Å². The van der Waals surface area contributed by atoms with Gasteiger partial charge in [-0.2, -0.15) is 0 Å². The molecule has 3 heteroatoms. The Bertz CT molecular complexity index is 202. The summed E-state index contributed by atoms with van der Waals surface area (Å²) >= 11 is 0. The molecule has 1 aliphatic carbocycles. The van der Waals surface area contributed by atoms with E-state index in [0.29, 0.717) is 5.92 Å². The predicted octanol–water partition coefficient (Wildman–Crippen LogP) is 2.47. The molecule has 0 aliphatic heterocycles. The zero-order valence-corrected chi connectivity index (χ0v) is 10.3. The molecule has 1 aliphatic rings. The van der Waals surface area contributed by atoms with Crippen molar-refractivity contribution in [3.05, 3.63) is 0 Å². The lowest BCUT2D eigenvalue weighted by Gasteiger charge is -2.20. The lowest BCUT2D eigenvalue weighted by molar-refractivity contribution is 0.201. The van der Waals surface area contributed by atoms with E-state index in [9.17, 15) is 4.79 Å². The second kappa shape index (κ2) is 5.99. The number of urea groups is 1. The molecule has 88 valence electrons. The molecule has 3 nitrogen and oxygen atoms in total. The number of rotatable bonds is 4. The average Bonchev–Trinajstić information content (AvgIpc) is 2.63. The Morgan fingerprint density at radius 3 is 2.47 bits per heavy atom. The lowest BCUT2D eigenvalue weighted by atomic mass is 10.1. The van der Waals surface area contributed by atoms with Gasteiger partial charge in [-0.1, -0.05) is 13.3 Å². The van der Waals surface area contributed by atoms with E-state index in [1.807, 2.05) is 18.7 Å². The van der Waals surface area contributed by atoms with E-state index in [2.05, 4.69) is 12.2 Å². The van der Waals surface area contributed by atoms with Gasteiger partial charge in [0.2, 0.25) is 0 Å². The second-order valence-electron chi connectivity index (χ2n) is 4.64. The van der Waals surface area contributed by atoms with Gasteiger partial charge in [0.25, 0.3) is 0 Å². The number of carbonyl (C=O) groups excluding carboxylic acids is 1. The zero-order chi connectivity index (χ0) is 11.3. The topological polar surface area (TPSA) is 32.3 Å². The molecule has 1 saturated carbocycles. The Labute approximate surface area is 93.2 Å². The highest BCUT2D eigenvalue weighted by molar-refractivity contribution is 5.74. The second-order valence-corrected chi connectivity index (χ2v) is 4.64. The third-order valence-electron chi connectivity index (χ3n) is 3.40. The van der Waals surface area contributed by atoms with Gasteiger partial charge in [0.15, 0.2) is 0 Å². The molecule has 15 heavy (non-hydrogen) atoms. The fraction of sp³-hybridized carbons (Fsp3) is 0.917. The molecule has 2 atom stereocenters. The molecule has 2 amide bonds. The van der Waals surface area contributed by atoms with Crippen LogP contribution in [0, 0.1) is 11.8 Å². The number of amides is 2. The van der Waals surface area contributed by atoms with Crippen LogP contribution in [0.15, 0.2) is 0 Å². The summed E-state index contributed by atoms with van der Waals surface area (Å²) in [6.07, 6.45) is 3.88. The highest BCUT2D eigenvalue weighted by atomic mass is 16.2. The van der Waals surface area contributed by atoms with E-state index in [0.717, 1.165) is 25.6 Å². The maximum Gasteiger partial charge on any atom is 0.317 e. The smallest absolute Gasteiger partial charge is 0.317 e. The Morgan fingerprint density at radius 2 is 2.00 bits per heavy atom. The molecule has 1 N–H and O–H groups in total. The van der Waals surface area contributed by atoms with Gasteiger partial charge in [-0.15, -0.1) is 0 Å². The van der Waals surface area contributed by atoms with Gasteiger partial charge < -0.3 is 10.2 Å². The van der Waals surface area contributed by atoms with Crippen LogP contribution in [0.5, 0.6) is 0 Å². The minimum atomic E-state index is 0.0968. The summed E-state index contributed by atoms with van der Waals surface area (Å²) < 4.78 is 0. The molecule has 2 unspecified atom stereocenters. The summed E-state index contributed by atoms with van der Waals surface area (Å²) in [7, 11) is 0. The Kier molecular flexibility index (Phi) is 4.92. The number of hydrogen-bond acceptors (Lipinski definition) is 1. The van der Waals surface area contributed by atoms with Crippen molar-refractivity contribution in [3.8, 4) is 0 Å². The first-order chi connectivity index (χ1) is 7.17. The minimum absolute atomic E-state index is 0.0968. The van der Waals surface area contributed by atoms with Crippen LogP contribution in [0.4, 0.5) is 4.79 Å². The van der Waals surface area contributed by atoms with Crippen LogP contribution in [0.3, 0.4) is 0 Å². The fourth-order valence-electron chi connectivity index (χ4n) is 2.36. The van der Waals surface area contributed by atoms with Crippen molar-refractivity contribution in [2.24, 2.45) is 11.8 Å². The van der Waals surface area contributed by atoms with Crippen LogP contribution >= 0.6 is 0 Å². The number of carbonyl (C=O) groups is 1. The first-order valence-electron chi connectivity index (χ1n) is 6.20. The summed E-state index contributed by atoms with van der Waals surface area (Å²) in [6, 6.07) is 0.0968. The Balaban J connectivity index is 2.21. The summed E-state index contributed by atoms with van der Waals surface area (Å²) in [5, 5.41) is 3.03. The predicted molar refractivity (Wildman–Crippen MR) is 62.8 cm³/mol. The van der Waals surface area contributed by atoms with Gasteiger partial charge in [-0.3, -0.25) is 0 Å². The SMILES string of the molecule is CCN(CC)C(=O)NCC1CCC(C)C1. The minimum Gasteiger partial charge on any atom is -0.338 e. The van der Waals surface area contributed by atoms with E-state index in [-0.39, 0.29) is 6.03 Å². The van der Waals surface area contributed by atoms with Crippen molar-refractivity contribution >= 4 is 6.03 Å². The third kappa shape index (κ3) is 3.73. The van der Waals surface area contributed by atoms with Gasteiger partial charge >= 0.3 is 6.03 Å². The maximum atomic E-state index is 11.7. The number of nitrogens with one attached hydrogen (secondary N) is 1. The van der Waals surface area contributed by atoms with Crippen molar-refractivity contribution in [2.45, 2.75) is 40.0 Å². The third-order valence-corrected chi connectivity index (χ3v) is 3.40. The maximum absolute atomic E-state index is 11.7.